The van der Waals surface area contributed by atoms with Crippen LogP contribution in [0.3, 0.4) is 0 Å². The van der Waals surface area contributed by atoms with Gasteiger partial charge in [-0.15, -0.1) is 0 Å². The van der Waals surface area contributed by atoms with E-state index in [9.17, 15) is 5.11 Å². The second kappa shape index (κ2) is 5.24. The van der Waals surface area contributed by atoms with E-state index in [1.165, 1.54) is 30.4 Å². The van der Waals surface area contributed by atoms with Crippen LogP contribution in [0.25, 0.3) is 0 Å². The summed E-state index contributed by atoms with van der Waals surface area (Å²) < 4.78 is 6.31. The lowest BCUT2D eigenvalue weighted by molar-refractivity contribution is -0.190. The zero-order valence-electron chi connectivity index (χ0n) is 15.8. The molecular weight excluding hydrogens is 296 g/mol. The predicted molar refractivity (Wildman–Crippen MR) is 97.5 cm³/mol. The number of ether oxygens (including phenoxy) is 1. The molecule has 3 aliphatic carbocycles. The van der Waals surface area contributed by atoms with Crippen LogP contribution in [0.5, 0.6) is 5.75 Å². The van der Waals surface area contributed by atoms with Crippen LogP contribution in [0, 0.1) is 17.3 Å². The molecule has 1 heterocycles. The highest BCUT2D eigenvalue weighted by molar-refractivity contribution is 5.48. The van der Waals surface area contributed by atoms with Crippen LogP contribution >= 0.6 is 0 Å². The van der Waals surface area contributed by atoms with Crippen molar-refractivity contribution in [1.29, 1.82) is 0 Å². The van der Waals surface area contributed by atoms with E-state index in [-0.39, 0.29) is 23.0 Å². The van der Waals surface area contributed by atoms with Crippen molar-refractivity contribution in [3.63, 3.8) is 0 Å². The van der Waals surface area contributed by atoms with Crippen LogP contribution in [-0.2, 0) is 5.41 Å². The first kappa shape index (κ1) is 16.4. The van der Waals surface area contributed by atoms with Gasteiger partial charge in [0.1, 0.15) is 11.9 Å². The molecule has 1 N–H and O–H groups in total. The Bertz CT molecular complexity index is 645. The molecule has 1 aromatic carbocycles. The molecular formula is C22H32O2. The molecule has 0 unspecified atom stereocenters. The number of aliphatic hydroxyl groups excluding tert-OH is 1. The van der Waals surface area contributed by atoms with E-state index < -0.39 is 0 Å². The third-order valence-electron chi connectivity index (χ3n) is 7.53. The van der Waals surface area contributed by atoms with Gasteiger partial charge in [0, 0.05) is 11.5 Å². The van der Waals surface area contributed by atoms with Gasteiger partial charge in [-0.1, -0.05) is 59.6 Å². The Morgan fingerprint density at radius 2 is 2.00 bits per heavy atom. The van der Waals surface area contributed by atoms with Gasteiger partial charge in [-0.05, 0) is 47.1 Å². The summed E-state index contributed by atoms with van der Waals surface area (Å²) in [6.07, 6.45) is 4.51. The first-order valence-electron chi connectivity index (χ1n) is 9.76. The number of aliphatic hydroxyl groups is 1. The van der Waals surface area contributed by atoms with Crippen molar-refractivity contribution in [1.82, 2.24) is 0 Å². The molecule has 2 bridgehead atoms. The second-order valence-electron chi connectivity index (χ2n) is 9.61. The topological polar surface area (TPSA) is 29.5 Å². The second-order valence-corrected chi connectivity index (χ2v) is 9.61. The maximum atomic E-state index is 10.8. The fraction of sp³-hybridized carbons (Fsp3) is 0.727. The third-order valence-corrected chi connectivity index (χ3v) is 7.53. The first-order valence-corrected chi connectivity index (χ1v) is 9.76. The normalized spacial score (nSPS) is 35.7. The number of unbranched alkanes of at least 4 members (excludes halogenated alkanes) is 1. The quantitative estimate of drug-likeness (QED) is 0.839. The highest BCUT2D eigenvalue weighted by Gasteiger charge is 2.65. The average Bonchev–Trinajstić information content (AvgIpc) is 2.92. The number of fused-ring (bicyclic) bond motifs is 1. The molecule has 0 radical (unpaired) electrons. The van der Waals surface area contributed by atoms with Crippen molar-refractivity contribution in [2.75, 3.05) is 0 Å². The Hall–Kier alpha value is -1.02. The number of benzene rings is 1. The SMILES string of the molecule is CCCCC(C)(C)c1ccc2c(c1)O[C@H]1[C@H](O)[C@@H]3C[C@H]([C@@H]21)C3(C)C. The van der Waals surface area contributed by atoms with Crippen molar-refractivity contribution in [2.24, 2.45) is 17.3 Å². The Labute approximate surface area is 146 Å². The fourth-order valence-corrected chi connectivity index (χ4v) is 5.63. The van der Waals surface area contributed by atoms with E-state index >= 15 is 0 Å². The summed E-state index contributed by atoms with van der Waals surface area (Å²) in [6.45, 7) is 11.6. The monoisotopic (exact) mass is 328 g/mol. The number of rotatable bonds is 4. The summed E-state index contributed by atoms with van der Waals surface area (Å²) in [5.41, 5.74) is 3.13. The van der Waals surface area contributed by atoms with Gasteiger partial charge in [0.05, 0.1) is 6.10 Å². The zero-order valence-corrected chi connectivity index (χ0v) is 15.8. The van der Waals surface area contributed by atoms with Crippen LogP contribution in [0.2, 0.25) is 0 Å². The highest BCUT2D eigenvalue weighted by Crippen LogP contribution is 2.67. The van der Waals surface area contributed by atoms with E-state index in [0.29, 0.717) is 17.8 Å². The van der Waals surface area contributed by atoms with Gasteiger partial charge in [-0.2, -0.15) is 0 Å². The summed E-state index contributed by atoms with van der Waals surface area (Å²) in [7, 11) is 0. The molecule has 3 saturated carbocycles. The average molecular weight is 328 g/mol. The molecule has 24 heavy (non-hydrogen) atoms. The third kappa shape index (κ3) is 2.11. The molecule has 1 aromatic rings. The predicted octanol–water partition coefficient (Wildman–Crippen LogP) is 5.04. The van der Waals surface area contributed by atoms with Crippen LogP contribution in [-0.4, -0.2) is 17.3 Å². The first-order chi connectivity index (χ1) is 11.3. The Morgan fingerprint density at radius 1 is 1.25 bits per heavy atom. The summed E-state index contributed by atoms with van der Waals surface area (Å²) in [5, 5.41) is 10.8. The minimum absolute atomic E-state index is 0.0224. The van der Waals surface area contributed by atoms with E-state index in [4.69, 9.17) is 4.74 Å². The molecule has 3 fully saturated rings. The lowest BCUT2D eigenvalue weighted by Gasteiger charge is -2.62. The molecule has 5 rings (SSSR count). The number of hydrogen-bond donors (Lipinski definition) is 1. The fourth-order valence-electron chi connectivity index (χ4n) is 5.63. The Kier molecular flexibility index (Phi) is 3.59. The van der Waals surface area contributed by atoms with Gasteiger partial charge in [-0.3, -0.25) is 0 Å². The summed E-state index contributed by atoms with van der Waals surface area (Å²) >= 11 is 0. The molecule has 0 amide bonds. The van der Waals surface area contributed by atoms with Crippen LogP contribution in [0.15, 0.2) is 18.2 Å². The van der Waals surface area contributed by atoms with Crippen LogP contribution in [0.1, 0.15) is 77.3 Å². The van der Waals surface area contributed by atoms with Gasteiger partial charge in [-0.25, -0.2) is 0 Å². The summed E-state index contributed by atoms with van der Waals surface area (Å²) in [4.78, 5) is 0. The zero-order chi connectivity index (χ0) is 17.3. The highest BCUT2D eigenvalue weighted by atomic mass is 16.5. The van der Waals surface area contributed by atoms with Gasteiger partial charge in [0.25, 0.3) is 0 Å². The van der Waals surface area contributed by atoms with E-state index in [0.717, 1.165) is 12.2 Å². The van der Waals surface area contributed by atoms with Gasteiger partial charge < -0.3 is 9.84 Å². The minimum Gasteiger partial charge on any atom is -0.487 e. The maximum absolute atomic E-state index is 10.8. The van der Waals surface area contributed by atoms with Crippen molar-refractivity contribution < 1.29 is 9.84 Å². The molecule has 0 aromatic heterocycles. The van der Waals surface area contributed by atoms with Gasteiger partial charge in [0.2, 0.25) is 0 Å². The van der Waals surface area contributed by atoms with Crippen LogP contribution in [0.4, 0.5) is 0 Å². The molecule has 5 atom stereocenters. The molecule has 1 aliphatic heterocycles. The lowest BCUT2D eigenvalue weighted by Crippen LogP contribution is -2.63. The molecule has 0 saturated heterocycles. The van der Waals surface area contributed by atoms with Gasteiger partial charge >= 0.3 is 0 Å². The van der Waals surface area contributed by atoms with E-state index in [1.807, 2.05) is 0 Å². The van der Waals surface area contributed by atoms with Crippen molar-refractivity contribution in [2.45, 2.75) is 83.8 Å². The van der Waals surface area contributed by atoms with E-state index in [2.05, 4.69) is 52.8 Å². The van der Waals surface area contributed by atoms with Crippen molar-refractivity contribution in [3.05, 3.63) is 29.3 Å². The Balaban J connectivity index is 1.66. The lowest BCUT2D eigenvalue weighted by atomic mass is 9.43. The summed E-state index contributed by atoms with van der Waals surface area (Å²) in [6, 6.07) is 6.87. The van der Waals surface area contributed by atoms with Gasteiger partial charge in [0.15, 0.2) is 0 Å². The Morgan fingerprint density at radius 3 is 2.67 bits per heavy atom. The smallest absolute Gasteiger partial charge is 0.132 e. The molecule has 2 nitrogen and oxygen atoms in total. The molecule has 0 spiro atoms. The molecule has 4 aliphatic rings. The standard InChI is InChI=1S/C22H32O2/c1-6-7-10-21(2,3)13-8-9-14-17(11-13)24-20-18(14)15-12-16(19(20)23)22(15,4)5/h8-9,11,15-16,18-20,23H,6-7,10,12H2,1-5H3/t15-,16+,18-,19-,20-/m1/s1. The van der Waals surface area contributed by atoms with Crippen molar-refractivity contribution in [3.8, 4) is 5.75 Å². The maximum Gasteiger partial charge on any atom is 0.132 e. The number of hydrogen-bond acceptors (Lipinski definition) is 2. The van der Waals surface area contributed by atoms with Crippen molar-refractivity contribution >= 4 is 0 Å². The summed E-state index contributed by atoms with van der Waals surface area (Å²) in [5.74, 6) is 2.46. The van der Waals surface area contributed by atoms with Crippen LogP contribution < -0.4 is 4.74 Å². The van der Waals surface area contributed by atoms with E-state index in [1.54, 1.807) is 0 Å². The molecule has 2 heteroatoms. The molecule has 132 valence electrons. The minimum atomic E-state index is -0.320. The largest absolute Gasteiger partial charge is 0.487 e.